The minimum atomic E-state index is -3.09. The molecule has 0 aromatic heterocycles. The summed E-state index contributed by atoms with van der Waals surface area (Å²) < 4.78 is 24.8. The number of aliphatic imine (C=N–C) groups is 1. The van der Waals surface area contributed by atoms with Crippen LogP contribution in [0, 0.1) is 0 Å². The second-order valence-electron chi connectivity index (χ2n) is 3.58. The normalized spacial score (nSPS) is 12.2. The Morgan fingerprint density at radius 3 is 2.61 bits per heavy atom. The molecule has 0 spiro atoms. The second kappa shape index (κ2) is 9.90. The zero-order chi connectivity index (χ0) is 13.9. The monoisotopic (exact) mass is 276 g/mol. The SMILES string of the molecule is C=CCNC(=NCCCNS(=O)(=O)CC)NCC. The van der Waals surface area contributed by atoms with Crippen LogP contribution in [0.25, 0.3) is 0 Å². The van der Waals surface area contributed by atoms with Crippen molar-refractivity contribution in [2.24, 2.45) is 4.99 Å². The maximum absolute atomic E-state index is 11.2. The van der Waals surface area contributed by atoms with Crippen molar-refractivity contribution in [3.8, 4) is 0 Å². The van der Waals surface area contributed by atoms with Crippen molar-refractivity contribution in [1.82, 2.24) is 15.4 Å². The lowest BCUT2D eigenvalue weighted by Crippen LogP contribution is -2.37. The minimum absolute atomic E-state index is 0.111. The molecule has 0 rings (SSSR count). The number of guanidine groups is 1. The van der Waals surface area contributed by atoms with E-state index >= 15 is 0 Å². The number of hydrogen-bond acceptors (Lipinski definition) is 3. The summed E-state index contributed by atoms with van der Waals surface area (Å²) in [7, 11) is -3.09. The average molecular weight is 276 g/mol. The van der Waals surface area contributed by atoms with Gasteiger partial charge in [-0.15, -0.1) is 6.58 Å². The maximum Gasteiger partial charge on any atom is 0.211 e. The molecule has 6 nitrogen and oxygen atoms in total. The third kappa shape index (κ3) is 9.00. The van der Waals surface area contributed by atoms with E-state index in [1.54, 1.807) is 13.0 Å². The highest BCUT2D eigenvalue weighted by molar-refractivity contribution is 7.89. The van der Waals surface area contributed by atoms with Gasteiger partial charge in [-0.2, -0.15) is 0 Å². The molecule has 0 fully saturated rings. The van der Waals surface area contributed by atoms with E-state index in [4.69, 9.17) is 0 Å². The number of sulfonamides is 1. The van der Waals surface area contributed by atoms with Gasteiger partial charge in [-0.3, -0.25) is 4.99 Å². The van der Waals surface area contributed by atoms with Gasteiger partial charge in [-0.25, -0.2) is 13.1 Å². The molecule has 0 aromatic carbocycles. The van der Waals surface area contributed by atoms with E-state index < -0.39 is 10.0 Å². The molecule has 0 bridgehead atoms. The van der Waals surface area contributed by atoms with E-state index in [0.717, 1.165) is 12.5 Å². The van der Waals surface area contributed by atoms with Gasteiger partial charge < -0.3 is 10.6 Å². The molecule has 0 aliphatic rings. The molecule has 0 atom stereocenters. The fourth-order valence-corrected chi connectivity index (χ4v) is 1.77. The molecule has 0 aliphatic carbocycles. The molecule has 0 saturated heterocycles. The largest absolute Gasteiger partial charge is 0.357 e. The Morgan fingerprint density at radius 1 is 1.33 bits per heavy atom. The smallest absolute Gasteiger partial charge is 0.211 e. The lowest BCUT2D eigenvalue weighted by Gasteiger charge is -2.09. The Balaban J connectivity index is 3.91. The van der Waals surface area contributed by atoms with Crippen LogP contribution in [-0.4, -0.2) is 46.3 Å². The molecular weight excluding hydrogens is 252 g/mol. The highest BCUT2D eigenvalue weighted by Gasteiger charge is 2.03. The van der Waals surface area contributed by atoms with Crippen LogP contribution in [0.5, 0.6) is 0 Å². The summed E-state index contributed by atoms with van der Waals surface area (Å²) in [6.45, 7) is 9.63. The topological polar surface area (TPSA) is 82.6 Å². The van der Waals surface area contributed by atoms with Gasteiger partial charge in [0.15, 0.2) is 5.96 Å². The Bertz CT molecular complexity index is 352. The van der Waals surface area contributed by atoms with Gasteiger partial charge in [0.1, 0.15) is 0 Å². The van der Waals surface area contributed by atoms with E-state index in [1.165, 1.54) is 0 Å². The Labute approximate surface area is 110 Å². The predicted molar refractivity (Wildman–Crippen MR) is 76.3 cm³/mol. The summed E-state index contributed by atoms with van der Waals surface area (Å²) in [5.74, 6) is 0.829. The first-order valence-electron chi connectivity index (χ1n) is 6.16. The van der Waals surface area contributed by atoms with E-state index in [-0.39, 0.29) is 5.75 Å². The van der Waals surface area contributed by atoms with E-state index in [2.05, 4.69) is 26.9 Å². The van der Waals surface area contributed by atoms with Gasteiger partial charge in [-0.05, 0) is 20.3 Å². The van der Waals surface area contributed by atoms with Crippen LogP contribution in [0.4, 0.5) is 0 Å². The van der Waals surface area contributed by atoms with Gasteiger partial charge in [0.2, 0.25) is 10.0 Å². The van der Waals surface area contributed by atoms with Crippen LogP contribution in [0.2, 0.25) is 0 Å². The maximum atomic E-state index is 11.2. The number of hydrogen-bond donors (Lipinski definition) is 3. The molecule has 0 amide bonds. The lowest BCUT2D eigenvalue weighted by atomic mass is 10.4. The molecular formula is C11H24N4O2S. The standard InChI is InChI=1S/C11H24N4O2S/c1-4-8-13-11(12-5-2)14-9-7-10-15-18(16,17)6-3/h4,15H,1,5-10H2,2-3H3,(H2,12,13,14). The Hall–Kier alpha value is -1.08. The first-order chi connectivity index (χ1) is 8.55. The van der Waals surface area contributed by atoms with Crippen molar-refractivity contribution in [1.29, 1.82) is 0 Å². The first-order valence-corrected chi connectivity index (χ1v) is 7.81. The van der Waals surface area contributed by atoms with Crippen molar-refractivity contribution in [2.45, 2.75) is 20.3 Å². The summed E-state index contributed by atoms with van der Waals surface area (Å²) in [6, 6.07) is 0. The van der Waals surface area contributed by atoms with E-state index in [9.17, 15) is 8.42 Å². The third-order valence-electron chi connectivity index (χ3n) is 2.06. The van der Waals surface area contributed by atoms with Gasteiger partial charge >= 0.3 is 0 Å². The van der Waals surface area contributed by atoms with Crippen molar-refractivity contribution in [3.05, 3.63) is 12.7 Å². The van der Waals surface area contributed by atoms with Crippen LogP contribution in [-0.2, 0) is 10.0 Å². The highest BCUT2D eigenvalue weighted by Crippen LogP contribution is 1.85. The van der Waals surface area contributed by atoms with Crippen molar-refractivity contribution >= 4 is 16.0 Å². The van der Waals surface area contributed by atoms with Crippen LogP contribution < -0.4 is 15.4 Å². The fraction of sp³-hybridized carbons (Fsp3) is 0.727. The molecule has 0 radical (unpaired) electrons. The van der Waals surface area contributed by atoms with Crippen molar-refractivity contribution in [3.63, 3.8) is 0 Å². The van der Waals surface area contributed by atoms with Gasteiger partial charge in [0, 0.05) is 26.2 Å². The third-order valence-corrected chi connectivity index (χ3v) is 3.47. The summed E-state index contributed by atoms with van der Waals surface area (Å²) in [5.41, 5.74) is 0. The molecule has 106 valence electrons. The fourth-order valence-electron chi connectivity index (χ4n) is 1.11. The second-order valence-corrected chi connectivity index (χ2v) is 5.68. The summed E-state index contributed by atoms with van der Waals surface area (Å²) in [4.78, 5) is 4.31. The number of rotatable bonds is 9. The summed E-state index contributed by atoms with van der Waals surface area (Å²) in [5, 5.41) is 6.16. The van der Waals surface area contributed by atoms with Crippen LogP contribution in [0.3, 0.4) is 0 Å². The zero-order valence-corrected chi connectivity index (χ0v) is 12.0. The Kier molecular flexibility index (Phi) is 9.31. The van der Waals surface area contributed by atoms with Gasteiger partial charge in [-0.1, -0.05) is 6.08 Å². The number of nitrogens with zero attached hydrogens (tertiary/aromatic N) is 1. The first kappa shape index (κ1) is 16.9. The molecule has 0 unspecified atom stereocenters. The molecule has 3 N–H and O–H groups in total. The van der Waals surface area contributed by atoms with Gasteiger partial charge in [0.05, 0.1) is 5.75 Å². The zero-order valence-electron chi connectivity index (χ0n) is 11.2. The Morgan fingerprint density at radius 2 is 2.06 bits per heavy atom. The predicted octanol–water partition coefficient (Wildman–Crippen LogP) is 0.0569. The van der Waals surface area contributed by atoms with Gasteiger partial charge in [0.25, 0.3) is 0 Å². The molecule has 7 heteroatoms. The van der Waals surface area contributed by atoms with Crippen LogP contribution in [0.15, 0.2) is 17.6 Å². The summed E-state index contributed by atoms with van der Waals surface area (Å²) >= 11 is 0. The van der Waals surface area contributed by atoms with E-state index in [1.807, 2.05) is 6.92 Å². The van der Waals surface area contributed by atoms with Crippen molar-refractivity contribution < 1.29 is 8.42 Å². The molecule has 0 aromatic rings. The molecule has 18 heavy (non-hydrogen) atoms. The average Bonchev–Trinajstić information content (AvgIpc) is 2.35. The lowest BCUT2D eigenvalue weighted by molar-refractivity contribution is 0.581. The van der Waals surface area contributed by atoms with E-state index in [0.29, 0.717) is 26.1 Å². The number of nitrogens with one attached hydrogen (secondary N) is 3. The summed E-state index contributed by atoms with van der Waals surface area (Å²) in [6.07, 6.45) is 2.42. The van der Waals surface area contributed by atoms with Crippen LogP contribution >= 0.6 is 0 Å². The minimum Gasteiger partial charge on any atom is -0.357 e. The highest BCUT2D eigenvalue weighted by atomic mass is 32.2. The molecule has 0 saturated carbocycles. The van der Waals surface area contributed by atoms with Crippen LogP contribution in [0.1, 0.15) is 20.3 Å². The molecule has 0 heterocycles. The molecule has 0 aliphatic heterocycles. The van der Waals surface area contributed by atoms with Crippen molar-refractivity contribution in [2.75, 3.05) is 31.9 Å². The quantitative estimate of drug-likeness (QED) is 0.241.